The summed E-state index contributed by atoms with van der Waals surface area (Å²) in [5.41, 5.74) is 1.09. The normalized spacial score (nSPS) is 17.9. The maximum absolute atomic E-state index is 12.2. The topological polar surface area (TPSA) is 92.3 Å². The van der Waals surface area contributed by atoms with Gasteiger partial charge in [-0.25, -0.2) is 8.42 Å². The minimum Gasteiger partial charge on any atom is -0.355 e. The maximum atomic E-state index is 12.2. The third kappa shape index (κ3) is 4.53. The van der Waals surface area contributed by atoms with Crippen molar-refractivity contribution in [1.82, 2.24) is 10.0 Å². The fourth-order valence-electron chi connectivity index (χ4n) is 2.44. The quantitative estimate of drug-likeness (QED) is 0.833. The summed E-state index contributed by atoms with van der Waals surface area (Å²) in [5, 5.41) is 4.71. The number of carbonyl (C=O) groups is 2. The lowest BCUT2D eigenvalue weighted by atomic mass is 9.87. The number of fused-ring (bicyclic) bond motifs is 1. The van der Waals surface area contributed by atoms with Gasteiger partial charge in [-0.05, 0) is 36.3 Å². The van der Waals surface area contributed by atoms with Crippen molar-refractivity contribution >= 4 is 33.2 Å². The number of amides is 2. The van der Waals surface area contributed by atoms with Gasteiger partial charge in [0.05, 0.1) is 12.2 Å². The molecule has 0 saturated carbocycles. The molecule has 1 atom stereocenters. The summed E-state index contributed by atoms with van der Waals surface area (Å²) in [6.45, 7) is 0.135. The van der Waals surface area contributed by atoms with Crippen LogP contribution in [0.15, 0.2) is 11.4 Å². The predicted molar refractivity (Wildman–Crippen MR) is 80.6 cm³/mol. The molecule has 0 spiro atoms. The number of carbonyl (C=O) groups excluding carboxylic acids is 2. The van der Waals surface area contributed by atoms with E-state index in [1.165, 1.54) is 4.88 Å². The highest BCUT2D eigenvalue weighted by Crippen LogP contribution is 2.34. The van der Waals surface area contributed by atoms with Crippen LogP contribution in [0.4, 0.5) is 0 Å². The zero-order valence-corrected chi connectivity index (χ0v) is 13.4. The lowest BCUT2D eigenvalue weighted by Crippen LogP contribution is -2.35. The van der Waals surface area contributed by atoms with Crippen LogP contribution in [0.3, 0.4) is 0 Å². The lowest BCUT2D eigenvalue weighted by Gasteiger charge is -2.21. The van der Waals surface area contributed by atoms with Gasteiger partial charge in [-0.3, -0.25) is 14.3 Å². The Kier molecular flexibility index (Phi) is 5.00. The van der Waals surface area contributed by atoms with E-state index in [0.29, 0.717) is 0 Å². The van der Waals surface area contributed by atoms with Crippen LogP contribution in [0.1, 0.15) is 35.6 Å². The van der Waals surface area contributed by atoms with Crippen molar-refractivity contribution < 1.29 is 18.0 Å². The zero-order chi connectivity index (χ0) is 15.5. The summed E-state index contributed by atoms with van der Waals surface area (Å²) in [6.07, 6.45) is 3.68. The molecule has 2 N–H and O–H groups in total. The van der Waals surface area contributed by atoms with Crippen LogP contribution in [0.5, 0.6) is 0 Å². The minimum atomic E-state index is -3.54. The van der Waals surface area contributed by atoms with Crippen molar-refractivity contribution in [3.63, 3.8) is 0 Å². The number of nitrogens with one attached hydrogen (secondary N) is 2. The smallest absolute Gasteiger partial charge is 0.235 e. The third-order valence-corrected chi connectivity index (χ3v) is 4.91. The molecule has 0 bridgehead atoms. The number of rotatable bonds is 5. The van der Waals surface area contributed by atoms with Crippen molar-refractivity contribution in [2.75, 3.05) is 12.8 Å². The highest BCUT2D eigenvalue weighted by atomic mass is 32.2. The van der Waals surface area contributed by atoms with Crippen LogP contribution in [-0.2, 0) is 26.0 Å². The first-order chi connectivity index (χ1) is 9.87. The first kappa shape index (κ1) is 16.0. The largest absolute Gasteiger partial charge is 0.355 e. The highest BCUT2D eigenvalue weighted by Gasteiger charge is 2.27. The van der Waals surface area contributed by atoms with Crippen LogP contribution in [0, 0.1) is 0 Å². The number of hydrogen-bond donors (Lipinski definition) is 2. The van der Waals surface area contributed by atoms with Crippen molar-refractivity contribution in [2.24, 2.45) is 0 Å². The molecule has 0 saturated heterocycles. The second-order valence-electron chi connectivity index (χ2n) is 5.08. The van der Waals surface area contributed by atoms with E-state index in [4.69, 9.17) is 0 Å². The first-order valence-corrected chi connectivity index (χ1v) is 9.48. The monoisotopic (exact) mass is 330 g/mol. The van der Waals surface area contributed by atoms with E-state index >= 15 is 0 Å². The molecule has 0 aliphatic heterocycles. The molecule has 0 aromatic carbocycles. The van der Waals surface area contributed by atoms with Crippen LogP contribution >= 0.6 is 11.3 Å². The van der Waals surface area contributed by atoms with E-state index in [1.54, 1.807) is 11.3 Å². The molecule has 1 aromatic rings. The average Bonchev–Trinajstić information content (AvgIpc) is 2.84. The Morgan fingerprint density at radius 2 is 2.19 bits per heavy atom. The Labute approximate surface area is 128 Å². The predicted octanol–water partition coefficient (Wildman–Crippen LogP) is 0.750. The molecule has 1 aliphatic rings. The second-order valence-corrected chi connectivity index (χ2v) is 7.83. The molecule has 21 heavy (non-hydrogen) atoms. The van der Waals surface area contributed by atoms with Gasteiger partial charge in [0.2, 0.25) is 21.8 Å². The molecular weight excluding hydrogens is 312 g/mol. The van der Waals surface area contributed by atoms with Crippen LogP contribution in [-0.4, -0.2) is 33.0 Å². The Hall–Kier alpha value is -1.41. The summed E-state index contributed by atoms with van der Waals surface area (Å²) in [4.78, 5) is 24.8. The summed E-state index contributed by atoms with van der Waals surface area (Å²) in [6, 6.07) is 1.99. The highest BCUT2D eigenvalue weighted by molar-refractivity contribution is 7.89. The molecule has 2 rings (SSSR count). The Morgan fingerprint density at radius 1 is 1.43 bits per heavy atom. The number of sulfonamides is 1. The van der Waals surface area contributed by atoms with E-state index in [2.05, 4.69) is 5.32 Å². The van der Waals surface area contributed by atoms with Crippen LogP contribution in [0.25, 0.3) is 0 Å². The molecule has 0 fully saturated rings. The number of thiophene rings is 1. The van der Waals surface area contributed by atoms with Gasteiger partial charge in [-0.2, -0.15) is 0 Å². The molecule has 8 heteroatoms. The molecule has 116 valence electrons. The lowest BCUT2D eigenvalue weighted by molar-refractivity contribution is -0.123. The van der Waals surface area contributed by atoms with Gasteiger partial charge in [-0.15, -0.1) is 11.3 Å². The zero-order valence-electron chi connectivity index (χ0n) is 11.7. The van der Waals surface area contributed by atoms with Gasteiger partial charge in [0, 0.05) is 17.8 Å². The van der Waals surface area contributed by atoms with Gasteiger partial charge in [0.25, 0.3) is 0 Å². The SMILES string of the molecule is CS(=O)(=O)NC(=O)CCNC(=O)C1CCCc2sccc21. The molecular formula is C13H18N2O4S2. The van der Waals surface area contributed by atoms with Gasteiger partial charge in [-0.1, -0.05) is 0 Å². The molecule has 0 radical (unpaired) electrons. The number of hydrogen-bond acceptors (Lipinski definition) is 5. The second kappa shape index (κ2) is 6.57. The van der Waals surface area contributed by atoms with Crippen molar-refractivity contribution in [2.45, 2.75) is 31.6 Å². The number of aryl methyl sites for hydroxylation is 1. The summed E-state index contributed by atoms with van der Waals surface area (Å²) in [7, 11) is -3.54. The Morgan fingerprint density at radius 3 is 2.90 bits per heavy atom. The van der Waals surface area contributed by atoms with E-state index in [-0.39, 0.29) is 24.8 Å². The van der Waals surface area contributed by atoms with Gasteiger partial charge < -0.3 is 5.32 Å². The van der Waals surface area contributed by atoms with Gasteiger partial charge >= 0.3 is 0 Å². The molecule has 1 heterocycles. The summed E-state index contributed by atoms with van der Waals surface area (Å²) < 4.78 is 23.6. The first-order valence-electron chi connectivity index (χ1n) is 6.71. The molecule has 6 nitrogen and oxygen atoms in total. The molecule has 2 amide bonds. The van der Waals surface area contributed by atoms with E-state index < -0.39 is 15.9 Å². The van der Waals surface area contributed by atoms with Crippen LogP contribution < -0.4 is 10.0 Å². The molecule has 1 unspecified atom stereocenters. The standard InChI is InChI=1S/C13H18N2O4S2/c1-21(18,19)15-12(16)5-7-14-13(17)10-3-2-4-11-9(10)6-8-20-11/h6,8,10H,2-5,7H2,1H3,(H,14,17)(H,15,16). The van der Waals surface area contributed by atoms with Gasteiger partial charge in [0.15, 0.2) is 0 Å². The fourth-order valence-corrected chi connectivity index (χ4v) is 3.94. The van der Waals surface area contributed by atoms with Crippen molar-refractivity contribution in [3.05, 3.63) is 21.9 Å². The van der Waals surface area contributed by atoms with Crippen LogP contribution in [0.2, 0.25) is 0 Å². The van der Waals surface area contributed by atoms with E-state index in [1.807, 2.05) is 16.2 Å². The van der Waals surface area contributed by atoms with E-state index in [9.17, 15) is 18.0 Å². The Bertz CT molecular complexity index is 636. The average molecular weight is 330 g/mol. The fraction of sp³-hybridized carbons (Fsp3) is 0.538. The minimum absolute atomic E-state index is 0.0535. The van der Waals surface area contributed by atoms with Crippen molar-refractivity contribution in [1.29, 1.82) is 0 Å². The van der Waals surface area contributed by atoms with E-state index in [0.717, 1.165) is 31.1 Å². The van der Waals surface area contributed by atoms with Gasteiger partial charge in [0.1, 0.15) is 0 Å². The third-order valence-electron chi connectivity index (χ3n) is 3.32. The summed E-state index contributed by atoms with van der Waals surface area (Å²) >= 11 is 1.67. The Balaban J connectivity index is 1.83. The molecule has 1 aromatic heterocycles. The summed E-state index contributed by atoms with van der Waals surface area (Å²) in [5.74, 6) is -0.864. The maximum Gasteiger partial charge on any atom is 0.235 e. The molecule has 1 aliphatic carbocycles. The van der Waals surface area contributed by atoms with Crippen molar-refractivity contribution in [3.8, 4) is 0 Å².